The summed E-state index contributed by atoms with van der Waals surface area (Å²) >= 11 is 3.26. The van der Waals surface area contributed by atoms with Crippen molar-refractivity contribution in [3.63, 3.8) is 0 Å². The van der Waals surface area contributed by atoms with Gasteiger partial charge in [0.05, 0.1) is 10.6 Å². The molecule has 0 saturated heterocycles. The average Bonchev–Trinajstić information content (AvgIpc) is 2.28. The van der Waals surface area contributed by atoms with Gasteiger partial charge in [-0.3, -0.25) is 0 Å². The number of unbranched alkanes of at least 4 members (excludes halogenated alkanes) is 4. The molecule has 5 heteroatoms. The van der Waals surface area contributed by atoms with Crippen molar-refractivity contribution in [3.05, 3.63) is 22.7 Å². The smallest absolute Gasteiger partial charge is 0.179 e. The third kappa shape index (κ3) is 4.61. The molecule has 0 unspecified atom stereocenters. The number of halogens is 1. The van der Waals surface area contributed by atoms with Crippen LogP contribution in [0.3, 0.4) is 0 Å². The molecule has 0 saturated carbocycles. The van der Waals surface area contributed by atoms with Crippen molar-refractivity contribution in [2.45, 2.75) is 43.9 Å². The maximum absolute atomic E-state index is 12.1. The first-order valence-corrected chi connectivity index (χ1v) is 8.69. The second-order valence-electron chi connectivity index (χ2n) is 4.42. The van der Waals surface area contributed by atoms with Gasteiger partial charge in [-0.1, -0.05) is 32.6 Å². The number of nitrogen functional groups attached to an aromatic ring is 1. The fourth-order valence-corrected chi connectivity index (χ4v) is 4.35. The lowest BCUT2D eigenvalue weighted by Gasteiger charge is -2.07. The molecule has 102 valence electrons. The second-order valence-corrected chi connectivity index (χ2v) is 7.35. The molecule has 0 amide bonds. The number of anilines is 1. The molecule has 0 aliphatic heterocycles. The van der Waals surface area contributed by atoms with Crippen LogP contribution < -0.4 is 5.73 Å². The molecule has 0 aliphatic carbocycles. The zero-order valence-corrected chi connectivity index (χ0v) is 13.1. The SMILES string of the molecule is CCCCCCCS(=O)(=O)c1ccc(N)cc1Br. The fraction of sp³-hybridized carbons (Fsp3) is 0.538. The molecular formula is C13H20BrNO2S. The maximum Gasteiger partial charge on any atom is 0.179 e. The number of sulfone groups is 1. The molecule has 1 rings (SSSR count). The third-order valence-electron chi connectivity index (χ3n) is 2.81. The Morgan fingerprint density at radius 1 is 1.17 bits per heavy atom. The van der Waals surface area contributed by atoms with Crippen LogP contribution in [0.15, 0.2) is 27.6 Å². The van der Waals surface area contributed by atoms with Gasteiger partial charge in [0.1, 0.15) is 0 Å². The van der Waals surface area contributed by atoms with Crippen LogP contribution in [0.4, 0.5) is 5.69 Å². The lowest BCUT2D eigenvalue weighted by molar-refractivity contribution is 0.586. The van der Waals surface area contributed by atoms with Gasteiger partial charge in [-0.15, -0.1) is 0 Å². The van der Waals surface area contributed by atoms with Gasteiger partial charge >= 0.3 is 0 Å². The van der Waals surface area contributed by atoms with Gasteiger partial charge in [0.15, 0.2) is 9.84 Å². The van der Waals surface area contributed by atoms with Crippen molar-refractivity contribution in [2.75, 3.05) is 11.5 Å². The minimum Gasteiger partial charge on any atom is -0.399 e. The highest BCUT2D eigenvalue weighted by Crippen LogP contribution is 2.25. The lowest BCUT2D eigenvalue weighted by Crippen LogP contribution is -2.08. The number of nitrogens with two attached hydrogens (primary N) is 1. The Hall–Kier alpha value is -0.550. The predicted molar refractivity (Wildman–Crippen MR) is 79.4 cm³/mol. The summed E-state index contributed by atoms with van der Waals surface area (Å²) in [5.41, 5.74) is 6.16. The van der Waals surface area contributed by atoms with Crippen LogP contribution in [0, 0.1) is 0 Å². The van der Waals surface area contributed by atoms with Crippen LogP contribution in [0.5, 0.6) is 0 Å². The van der Waals surface area contributed by atoms with E-state index in [1.54, 1.807) is 18.2 Å². The standard InChI is InChI=1S/C13H20BrNO2S/c1-2-3-4-5-6-9-18(16,17)13-8-7-11(15)10-12(13)14/h7-8,10H,2-6,9,15H2,1H3. The molecule has 0 spiro atoms. The topological polar surface area (TPSA) is 60.2 Å². The van der Waals surface area contributed by atoms with E-state index in [4.69, 9.17) is 5.73 Å². The number of rotatable bonds is 7. The summed E-state index contributed by atoms with van der Waals surface area (Å²) < 4.78 is 24.8. The number of hydrogen-bond donors (Lipinski definition) is 1. The maximum atomic E-state index is 12.1. The van der Waals surface area contributed by atoms with E-state index in [0.29, 0.717) is 15.1 Å². The van der Waals surface area contributed by atoms with Gasteiger partial charge in [0, 0.05) is 10.2 Å². The third-order valence-corrected chi connectivity index (χ3v) is 5.58. The Morgan fingerprint density at radius 2 is 1.83 bits per heavy atom. The fourth-order valence-electron chi connectivity index (χ4n) is 1.77. The lowest BCUT2D eigenvalue weighted by atomic mass is 10.2. The van der Waals surface area contributed by atoms with Crippen molar-refractivity contribution in [3.8, 4) is 0 Å². The molecule has 0 aliphatic rings. The van der Waals surface area contributed by atoms with Crippen molar-refractivity contribution in [1.82, 2.24) is 0 Å². The summed E-state index contributed by atoms with van der Waals surface area (Å²) in [6, 6.07) is 4.82. The largest absolute Gasteiger partial charge is 0.399 e. The molecule has 0 radical (unpaired) electrons. The normalized spacial score (nSPS) is 11.7. The van der Waals surface area contributed by atoms with E-state index in [9.17, 15) is 8.42 Å². The van der Waals surface area contributed by atoms with Crippen LogP contribution in [0.25, 0.3) is 0 Å². The predicted octanol–water partition coefficient (Wildman–Crippen LogP) is 3.78. The zero-order chi connectivity index (χ0) is 13.6. The van der Waals surface area contributed by atoms with Gasteiger partial charge in [-0.05, 0) is 40.5 Å². The van der Waals surface area contributed by atoms with E-state index in [2.05, 4.69) is 22.9 Å². The average molecular weight is 334 g/mol. The minimum absolute atomic E-state index is 0.208. The van der Waals surface area contributed by atoms with Gasteiger partial charge in [0.2, 0.25) is 0 Å². The molecular weight excluding hydrogens is 314 g/mol. The first-order chi connectivity index (χ1) is 8.47. The van der Waals surface area contributed by atoms with Crippen LogP contribution in [-0.4, -0.2) is 14.2 Å². The monoisotopic (exact) mass is 333 g/mol. The Bertz CT molecular complexity index is 486. The van der Waals surface area contributed by atoms with Crippen molar-refractivity contribution in [2.24, 2.45) is 0 Å². The molecule has 3 nitrogen and oxygen atoms in total. The highest BCUT2D eigenvalue weighted by Gasteiger charge is 2.17. The summed E-state index contributed by atoms with van der Waals surface area (Å²) in [4.78, 5) is 0.340. The van der Waals surface area contributed by atoms with E-state index >= 15 is 0 Å². The molecule has 2 N–H and O–H groups in total. The molecule has 0 bridgehead atoms. The van der Waals surface area contributed by atoms with Gasteiger partial charge < -0.3 is 5.73 Å². The highest BCUT2D eigenvalue weighted by atomic mass is 79.9. The van der Waals surface area contributed by atoms with Crippen LogP contribution >= 0.6 is 15.9 Å². The molecule has 1 aromatic carbocycles. The minimum atomic E-state index is -3.20. The van der Waals surface area contributed by atoms with Gasteiger partial charge in [-0.25, -0.2) is 8.42 Å². The summed E-state index contributed by atoms with van der Waals surface area (Å²) in [5, 5.41) is 0. The van der Waals surface area contributed by atoms with Gasteiger partial charge in [-0.2, -0.15) is 0 Å². The quantitative estimate of drug-likeness (QED) is 0.610. The van der Waals surface area contributed by atoms with E-state index < -0.39 is 9.84 Å². The van der Waals surface area contributed by atoms with E-state index in [1.165, 1.54) is 6.42 Å². The second kappa shape index (κ2) is 7.14. The molecule has 1 aromatic rings. The zero-order valence-electron chi connectivity index (χ0n) is 10.7. The summed E-state index contributed by atoms with van der Waals surface area (Å²) in [6.45, 7) is 2.14. The molecule has 0 atom stereocenters. The molecule has 0 fully saturated rings. The van der Waals surface area contributed by atoms with Gasteiger partial charge in [0.25, 0.3) is 0 Å². The first-order valence-electron chi connectivity index (χ1n) is 6.25. The number of benzene rings is 1. The van der Waals surface area contributed by atoms with Crippen LogP contribution in [0.2, 0.25) is 0 Å². The van der Waals surface area contributed by atoms with Crippen molar-refractivity contribution >= 4 is 31.5 Å². The molecule has 0 aromatic heterocycles. The Kier molecular flexibility index (Phi) is 6.15. The highest BCUT2D eigenvalue weighted by molar-refractivity contribution is 9.10. The van der Waals surface area contributed by atoms with E-state index in [-0.39, 0.29) is 5.75 Å². The summed E-state index contributed by atoms with van der Waals surface area (Å²) in [5.74, 6) is 0.208. The van der Waals surface area contributed by atoms with Crippen molar-refractivity contribution < 1.29 is 8.42 Å². The van der Waals surface area contributed by atoms with Crippen LogP contribution in [0.1, 0.15) is 39.0 Å². The number of hydrogen-bond acceptors (Lipinski definition) is 3. The Balaban J connectivity index is 2.63. The van der Waals surface area contributed by atoms with Crippen LogP contribution in [-0.2, 0) is 9.84 Å². The van der Waals surface area contributed by atoms with E-state index in [1.807, 2.05) is 0 Å². The van der Waals surface area contributed by atoms with E-state index in [0.717, 1.165) is 25.7 Å². The Morgan fingerprint density at radius 3 is 2.44 bits per heavy atom. The van der Waals surface area contributed by atoms with Crippen molar-refractivity contribution in [1.29, 1.82) is 0 Å². The summed E-state index contributed by atoms with van der Waals surface area (Å²) in [7, 11) is -3.20. The molecule has 18 heavy (non-hydrogen) atoms. The molecule has 0 heterocycles. The Labute approximate surface area is 118 Å². The summed E-state index contributed by atoms with van der Waals surface area (Å²) in [6.07, 6.45) is 5.13. The first kappa shape index (κ1) is 15.5.